The molecule has 4 aromatic rings. The highest BCUT2D eigenvalue weighted by Gasteiger charge is 2.13. The van der Waals surface area contributed by atoms with E-state index < -0.39 is 0 Å². The van der Waals surface area contributed by atoms with Crippen molar-refractivity contribution in [3.63, 3.8) is 0 Å². The van der Waals surface area contributed by atoms with Crippen LogP contribution in [-0.2, 0) is 0 Å². The average molecular weight is 508 g/mol. The Morgan fingerprint density at radius 1 is 0.967 bits per heavy atom. The third kappa shape index (κ3) is 4.03. The molecule has 1 aromatic heterocycles. The summed E-state index contributed by atoms with van der Waals surface area (Å²) in [4.78, 5) is 18.3. The van der Waals surface area contributed by atoms with Crippen molar-refractivity contribution < 1.29 is 4.74 Å². The molecule has 0 aliphatic rings. The summed E-state index contributed by atoms with van der Waals surface area (Å²) >= 11 is 2.22. The van der Waals surface area contributed by atoms with E-state index in [-0.39, 0.29) is 5.56 Å². The normalized spacial score (nSPS) is 11.3. The molecular weight excluding hydrogens is 487 g/mol. The molecule has 0 amide bonds. The molecule has 1 heterocycles. The number of methoxy groups -OCH3 is 1. The van der Waals surface area contributed by atoms with Gasteiger partial charge in [0.15, 0.2) is 0 Å². The molecule has 0 radical (unpaired) electrons. The minimum absolute atomic E-state index is 0.0696. The summed E-state index contributed by atoms with van der Waals surface area (Å²) in [6.45, 7) is 4.07. The molecule has 0 fully saturated rings. The molecule has 4 rings (SSSR count). The van der Waals surface area contributed by atoms with Gasteiger partial charge >= 0.3 is 0 Å². The van der Waals surface area contributed by atoms with Crippen LogP contribution in [0.15, 0.2) is 65.5 Å². The van der Waals surface area contributed by atoms with Crippen molar-refractivity contribution >= 4 is 45.6 Å². The van der Waals surface area contributed by atoms with Gasteiger partial charge in [0.05, 0.1) is 23.7 Å². The van der Waals surface area contributed by atoms with Gasteiger partial charge in [0.25, 0.3) is 5.56 Å². The number of hydrogen-bond acceptors (Lipinski definition) is 3. The molecule has 3 aromatic carbocycles. The molecule has 4 nitrogen and oxygen atoms in total. The average Bonchev–Trinajstić information content (AvgIpc) is 2.74. The van der Waals surface area contributed by atoms with E-state index in [0.29, 0.717) is 16.7 Å². The maximum Gasteiger partial charge on any atom is 0.266 e. The second-order valence-corrected chi connectivity index (χ2v) is 8.41. The van der Waals surface area contributed by atoms with Crippen molar-refractivity contribution in [2.75, 3.05) is 7.11 Å². The zero-order chi connectivity index (χ0) is 21.3. The Hall–Kier alpha value is -2.93. The van der Waals surface area contributed by atoms with E-state index in [4.69, 9.17) is 9.72 Å². The van der Waals surface area contributed by atoms with Crippen molar-refractivity contribution in [1.82, 2.24) is 9.55 Å². The first-order chi connectivity index (χ1) is 14.5. The second kappa shape index (κ2) is 8.44. The lowest BCUT2D eigenvalue weighted by molar-refractivity contribution is 0.415. The number of nitrogens with zero attached hydrogens (tertiary/aromatic N) is 2. The van der Waals surface area contributed by atoms with Crippen LogP contribution in [0, 0.1) is 17.4 Å². The van der Waals surface area contributed by atoms with Gasteiger partial charge in [-0.05, 0) is 90.0 Å². The van der Waals surface area contributed by atoms with Gasteiger partial charge in [-0.2, -0.15) is 0 Å². The largest absolute Gasteiger partial charge is 0.497 e. The standard InChI is InChI=1S/C25H21IN2O2/c1-16-4-12-23(17(2)14-16)28-24(13-7-18-5-9-20(30-3)10-6-18)27-22-11-8-19(26)15-21(22)25(28)29/h4-15H,1-3H3/b13-7+. The van der Waals surface area contributed by atoms with Crippen molar-refractivity contribution in [1.29, 1.82) is 0 Å². The molecule has 5 heteroatoms. The van der Waals surface area contributed by atoms with Crippen LogP contribution < -0.4 is 10.3 Å². The van der Waals surface area contributed by atoms with Crippen molar-refractivity contribution in [2.24, 2.45) is 0 Å². The van der Waals surface area contributed by atoms with Gasteiger partial charge < -0.3 is 4.74 Å². The van der Waals surface area contributed by atoms with Crippen molar-refractivity contribution in [2.45, 2.75) is 13.8 Å². The minimum Gasteiger partial charge on any atom is -0.497 e. The molecule has 0 saturated heterocycles. The molecule has 0 N–H and O–H groups in total. The summed E-state index contributed by atoms with van der Waals surface area (Å²) in [5.41, 5.74) is 4.65. The Labute approximate surface area is 189 Å². The van der Waals surface area contributed by atoms with Gasteiger partial charge in [-0.3, -0.25) is 9.36 Å². The predicted molar refractivity (Wildman–Crippen MR) is 131 cm³/mol. The monoisotopic (exact) mass is 508 g/mol. The molecule has 150 valence electrons. The number of hydrogen-bond donors (Lipinski definition) is 0. The smallest absolute Gasteiger partial charge is 0.266 e. The van der Waals surface area contributed by atoms with E-state index in [1.165, 1.54) is 0 Å². The molecule has 0 aliphatic heterocycles. The number of aromatic nitrogens is 2. The highest BCUT2D eigenvalue weighted by atomic mass is 127. The number of fused-ring (bicyclic) bond motifs is 1. The SMILES string of the molecule is COc1ccc(/C=C/c2nc3ccc(I)cc3c(=O)n2-c2ccc(C)cc2C)cc1. The summed E-state index contributed by atoms with van der Waals surface area (Å²) in [5.74, 6) is 1.40. The Morgan fingerprint density at radius 3 is 2.43 bits per heavy atom. The van der Waals surface area contributed by atoms with E-state index in [1.54, 1.807) is 11.7 Å². The van der Waals surface area contributed by atoms with Crippen molar-refractivity contribution in [3.8, 4) is 11.4 Å². The highest BCUT2D eigenvalue weighted by molar-refractivity contribution is 14.1. The topological polar surface area (TPSA) is 44.1 Å². The molecular formula is C25H21IN2O2. The Balaban J connectivity index is 1.93. The van der Waals surface area contributed by atoms with E-state index in [1.807, 2.05) is 80.6 Å². The molecule has 0 bridgehead atoms. The van der Waals surface area contributed by atoms with Crippen molar-refractivity contribution in [3.05, 3.63) is 97.1 Å². The molecule has 0 aliphatic carbocycles. The van der Waals surface area contributed by atoms with Gasteiger partial charge in [-0.15, -0.1) is 0 Å². The quantitative estimate of drug-likeness (QED) is 0.328. The highest BCUT2D eigenvalue weighted by Crippen LogP contribution is 2.21. The predicted octanol–water partition coefficient (Wildman–Crippen LogP) is 5.79. The van der Waals surface area contributed by atoms with Crippen LogP contribution in [0.25, 0.3) is 28.7 Å². The number of aryl methyl sites for hydroxylation is 2. The summed E-state index contributed by atoms with van der Waals surface area (Å²) in [6.07, 6.45) is 3.85. The van der Waals surface area contributed by atoms with Gasteiger partial charge in [0.1, 0.15) is 11.6 Å². The molecule has 0 saturated carbocycles. The van der Waals surface area contributed by atoms with E-state index >= 15 is 0 Å². The maximum absolute atomic E-state index is 13.5. The lowest BCUT2D eigenvalue weighted by Crippen LogP contribution is -2.23. The fourth-order valence-corrected chi connectivity index (χ4v) is 3.95. The van der Waals surface area contributed by atoms with E-state index in [9.17, 15) is 4.79 Å². The van der Waals surface area contributed by atoms with Gasteiger partial charge in [0, 0.05) is 3.57 Å². The van der Waals surface area contributed by atoms with Crippen LogP contribution in [-0.4, -0.2) is 16.7 Å². The van der Waals surface area contributed by atoms with Gasteiger partial charge in [-0.25, -0.2) is 4.98 Å². The summed E-state index contributed by atoms with van der Waals surface area (Å²) < 4.78 is 7.93. The van der Waals surface area contributed by atoms with Crippen LogP contribution in [0.2, 0.25) is 0 Å². The van der Waals surface area contributed by atoms with Crippen LogP contribution in [0.1, 0.15) is 22.5 Å². The molecule has 0 spiro atoms. The maximum atomic E-state index is 13.5. The molecule has 30 heavy (non-hydrogen) atoms. The van der Waals surface area contributed by atoms with Crippen LogP contribution in [0.5, 0.6) is 5.75 Å². The Bertz CT molecular complexity index is 1320. The number of benzene rings is 3. The summed E-state index contributed by atoms with van der Waals surface area (Å²) in [6, 6.07) is 19.6. The first-order valence-corrected chi connectivity index (χ1v) is 10.7. The number of halogens is 1. The van der Waals surface area contributed by atoms with E-state index in [2.05, 4.69) is 28.7 Å². The second-order valence-electron chi connectivity index (χ2n) is 7.17. The number of rotatable bonds is 4. The van der Waals surface area contributed by atoms with Crippen LogP contribution in [0.3, 0.4) is 0 Å². The van der Waals surface area contributed by atoms with Crippen LogP contribution in [0.4, 0.5) is 0 Å². The molecule has 0 atom stereocenters. The summed E-state index contributed by atoms with van der Waals surface area (Å²) in [7, 11) is 1.65. The third-order valence-electron chi connectivity index (χ3n) is 4.99. The van der Waals surface area contributed by atoms with Gasteiger partial charge in [-0.1, -0.05) is 35.9 Å². The summed E-state index contributed by atoms with van der Waals surface area (Å²) in [5, 5.41) is 0.614. The fourth-order valence-electron chi connectivity index (χ4n) is 3.46. The Kier molecular flexibility index (Phi) is 5.72. The van der Waals surface area contributed by atoms with Crippen LogP contribution >= 0.6 is 22.6 Å². The van der Waals surface area contributed by atoms with E-state index in [0.717, 1.165) is 31.7 Å². The first-order valence-electron chi connectivity index (χ1n) is 9.58. The fraction of sp³-hybridized carbons (Fsp3) is 0.120. The zero-order valence-electron chi connectivity index (χ0n) is 17.0. The number of ether oxygens (including phenoxy) is 1. The zero-order valence-corrected chi connectivity index (χ0v) is 19.2. The minimum atomic E-state index is -0.0696. The molecule has 0 unspecified atom stereocenters. The van der Waals surface area contributed by atoms with Gasteiger partial charge in [0.2, 0.25) is 0 Å². The Morgan fingerprint density at radius 2 is 1.73 bits per heavy atom. The lowest BCUT2D eigenvalue weighted by atomic mass is 10.1. The first kappa shape index (κ1) is 20.3. The third-order valence-corrected chi connectivity index (χ3v) is 5.66. The lowest BCUT2D eigenvalue weighted by Gasteiger charge is -2.14.